The monoisotopic (exact) mass is 278 g/mol. The summed E-state index contributed by atoms with van der Waals surface area (Å²) in [4.78, 5) is 22.3. The smallest absolute Gasteiger partial charge is 0.319 e. The lowest BCUT2D eigenvalue weighted by atomic mass is 10.1. The van der Waals surface area contributed by atoms with Gasteiger partial charge in [-0.05, 0) is 50.8 Å². The Labute approximate surface area is 119 Å². The van der Waals surface area contributed by atoms with Crippen LogP contribution in [0.15, 0.2) is 18.2 Å². The number of nitrogens with one attached hydrogen (secondary N) is 2. The van der Waals surface area contributed by atoms with Crippen LogP contribution < -0.4 is 10.6 Å². The van der Waals surface area contributed by atoms with Crippen LogP contribution in [0.1, 0.15) is 37.3 Å². The molecule has 1 aromatic carbocycles. The number of carboxylic acids is 1. The SMILES string of the molecule is Cc1ccc(C)c(NC(=O)NC(C)CCCC(=O)O)c1. The number of hydrogen-bond donors (Lipinski definition) is 3. The van der Waals surface area contributed by atoms with Gasteiger partial charge >= 0.3 is 12.0 Å². The molecule has 110 valence electrons. The molecule has 5 nitrogen and oxygen atoms in total. The lowest BCUT2D eigenvalue weighted by Crippen LogP contribution is -2.36. The number of anilines is 1. The van der Waals surface area contributed by atoms with Crippen LogP contribution in [-0.4, -0.2) is 23.1 Å². The molecule has 2 amide bonds. The molecule has 0 radical (unpaired) electrons. The number of carbonyl (C=O) groups is 2. The molecule has 0 fully saturated rings. The molecule has 0 spiro atoms. The van der Waals surface area contributed by atoms with Crippen molar-refractivity contribution < 1.29 is 14.7 Å². The Bertz CT molecular complexity index is 486. The van der Waals surface area contributed by atoms with E-state index in [1.807, 2.05) is 39.0 Å². The highest BCUT2D eigenvalue weighted by Crippen LogP contribution is 2.16. The Morgan fingerprint density at radius 3 is 2.65 bits per heavy atom. The van der Waals surface area contributed by atoms with Gasteiger partial charge in [-0.25, -0.2) is 4.79 Å². The van der Waals surface area contributed by atoms with Crippen molar-refractivity contribution in [3.05, 3.63) is 29.3 Å². The van der Waals surface area contributed by atoms with Gasteiger partial charge in [-0.1, -0.05) is 12.1 Å². The predicted molar refractivity (Wildman–Crippen MR) is 79.0 cm³/mol. The molecule has 5 heteroatoms. The zero-order valence-corrected chi connectivity index (χ0v) is 12.2. The van der Waals surface area contributed by atoms with Crippen LogP contribution in [0.4, 0.5) is 10.5 Å². The second-order valence-electron chi connectivity index (χ2n) is 5.10. The topological polar surface area (TPSA) is 78.4 Å². The number of hydrogen-bond acceptors (Lipinski definition) is 2. The van der Waals surface area contributed by atoms with Crippen molar-refractivity contribution in [3.8, 4) is 0 Å². The van der Waals surface area contributed by atoms with E-state index in [0.717, 1.165) is 16.8 Å². The molecule has 0 aliphatic rings. The molecular formula is C15H22N2O3. The van der Waals surface area contributed by atoms with Gasteiger partial charge in [0.2, 0.25) is 0 Å². The van der Waals surface area contributed by atoms with Crippen molar-refractivity contribution in [2.45, 2.75) is 46.1 Å². The zero-order valence-electron chi connectivity index (χ0n) is 12.2. The summed E-state index contributed by atoms with van der Waals surface area (Å²) in [6.07, 6.45) is 1.33. The number of carboxylic acid groups (broad SMARTS) is 1. The van der Waals surface area contributed by atoms with Gasteiger partial charge in [0.05, 0.1) is 0 Å². The van der Waals surface area contributed by atoms with E-state index in [9.17, 15) is 9.59 Å². The van der Waals surface area contributed by atoms with Crippen molar-refractivity contribution in [1.29, 1.82) is 0 Å². The highest BCUT2D eigenvalue weighted by Gasteiger charge is 2.09. The Morgan fingerprint density at radius 2 is 2.00 bits per heavy atom. The largest absolute Gasteiger partial charge is 0.481 e. The van der Waals surface area contributed by atoms with Gasteiger partial charge in [-0.3, -0.25) is 4.79 Å². The number of carbonyl (C=O) groups excluding carboxylic acids is 1. The van der Waals surface area contributed by atoms with Gasteiger partial charge in [0, 0.05) is 18.2 Å². The fourth-order valence-electron chi connectivity index (χ4n) is 1.88. The van der Waals surface area contributed by atoms with Crippen LogP contribution in [0.5, 0.6) is 0 Å². The Balaban J connectivity index is 2.43. The summed E-state index contributed by atoms with van der Waals surface area (Å²) in [5, 5.41) is 14.2. The number of rotatable bonds is 6. The van der Waals surface area contributed by atoms with Crippen LogP contribution in [0.3, 0.4) is 0 Å². The quantitative estimate of drug-likeness (QED) is 0.748. The third-order valence-electron chi connectivity index (χ3n) is 3.05. The molecule has 0 bridgehead atoms. The van der Waals surface area contributed by atoms with Gasteiger partial charge in [-0.15, -0.1) is 0 Å². The number of aliphatic carboxylic acids is 1. The van der Waals surface area contributed by atoms with E-state index in [-0.39, 0.29) is 18.5 Å². The summed E-state index contributed by atoms with van der Waals surface area (Å²) in [6, 6.07) is 5.55. The lowest BCUT2D eigenvalue weighted by Gasteiger charge is -2.15. The molecule has 1 atom stereocenters. The van der Waals surface area contributed by atoms with E-state index in [0.29, 0.717) is 12.8 Å². The molecule has 0 heterocycles. The standard InChI is InChI=1S/C15H22N2O3/c1-10-7-8-11(2)13(9-10)17-15(20)16-12(3)5-4-6-14(18)19/h7-9,12H,4-6H2,1-3H3,(H,18,19)(H2,16,17,20). The maximum Gasteiger partial charge on any atom is 0.319 e. The van der Waals surface area contributed by atoms with E-state index < -0.39 is 5.97 Å². The predicted octanol–water partition coefficient (Wildman–Crippen LogP) is 3.07. The first-order chi connectivity index (χ1) is 9.38. The van der Waals surface area contributed by atoms with Crippen molar-refractivity contribution in [2.24, 2.45) is 0 Å². The van der Waals surface area contributed by atoms with Crippen molar-refractivity contribution in [3.63, 3.8) is 0 Å². The van der Waals surface area contributed by atoms with Crippen molar-refractivity contribution in [1.82, 2.24) is 5.32 Å². The van der Waals surface area contributed by atoms with Gasteiger partial charge in [-0.2, -0.15) is 0 Å². The second-order valence-corrected chi connectivity index (χ2v) is 5.10. The fourth-order valence-corrected chi connectivity index (χ4v) is 1.88. The first-order valence-corrected chi connectivity index (χ1v) is 6.75. The number of amides is 2. The summed E-state index contributed by atoms with van der Waals surface area (Å²) in [6.45, 7) is 5.77. The maximum atomic E-state index is 11.8. The van der Waals surface area contributed by atoms with Crippen LogP contribution in [0, 0.1) is 13.8 Å². The highest BCUT2D eigenvalue weighted by atomic mass is 16.4. The van der Waals surface area contributed by atoms with E-state index in [1.165, 1.54) is 0 Å². The summed E-state index contributed by atoms with van der Waals surface area (Å²) >= 11 is 0. The minimum atomic E-state index is -0.808. The van der Waals surface area contributed by atoms with E-state index in [4.69, 9.17) is 5.11 Å². The number of urea groups is 1. The molecule has 1 unspecified atom stereocenters. The Hall–Kier alpha value is -2.04. The molecule has 0 saturated carbocycles. The molecule has 0 saturated heterocycles. The molecule has 1 rings (SSSR count). The van der Waals surface area contributed by atoms with Gasteiger partial charge < -0.3 is 15.7 Å². The fraction of sp³-hybridized carbons (Fsp3) is 0.467. The number of aryl methyl sites for hydroxylation is 2. The third kappa shape index (κ3) is 5.73. The molecule has 3 N–H and O–H groups in total. The van der Waals surface area contributed by atoms with Crippen LogP contribution in [0.25, 0.3) is 0 Å². The average molecular weight is 278 g/mol. The Kier molecular flexibility index (Phi) is 6.03. The molecular weight excluding hydrogens is 256 g/mol. The summed E-state index contributed by atoms with van der Waals surface area (Å²) in [7, 11) is 0. The first kappa shape index (κ1) is 16.0. The normalized spacial score (nSPS) is 11.8. The van der Waals surface area contributed by atoms with Gasteiger partial charge in [0.15, 0.2) is 0 Å². The summed E-state index contributed by atoms with van der Waals surface area (Å²) in [5.41, 5.74) is 2.88. The van der Waals surface area contributed by atoms with Crippen LogP contribution >= 0.6 is 0 Å². The minimum absolute atomic E-state index is 0.0561. The van der Waals surface area contributed by atoms with E-state index in [2.05, 4.69) is 10.6 Å². The summed E-state index contributed by atoms with van der Waals surface area (Å²) < 4.78 is 0. The minimum Gasteiger partial charge on any atom is -0.481 e. The van der Waals surface area contributed by atoms with Gasteiger partial charge in [0.1, 0.15) is 0 Å². The molecule has 0 aliphatic heterocycles. The second kappa shape index (κ2) is 7.53. The Morgan fingerprint density at radius 1 is 1.30 bits per heavy atom. The van der Waals surface area contributed by atoms with Crippen LogP contribution in [-0.2, 0) is 4.79 Å². The maximum absolute atomic E-state index is 11.8. The molecule has 1 aromatic rings. The molecule has 0 aromatic heterocycles. The number of benzene rings is 1. The van der Waals surface area contributed by atoms with E-state index in [1.54, 1.807) is 0 Å². The van der Waals surface area contributed by atoms with Crippen molar-refractivity contribution >= 4 is 17.7 Å². The highest BCUT2D eigenvalue weighted by molar-refractivity contribution is 5.90. The third-order valence-corrected chi connectivity index (χ3v) is 3.05. The molecule has 20 heavy (non-hydrogen) atoms. The first-order valence-electron chi connectivity index (χ1n) is 6.75. The van der Waals surface area contributed by atoms with E-state index >= 15 is 0 Å². The molecule has 0 aliphatic carbocycles. The zero-order chi connectivity index (χ0) is 15.1. The van der Waals surface area contributed by atoms with Crippen LogP contribution in [0.2, 0.25) is 0 Å². The lowest BCUT2D eigenvalue weighted by molar-refractivity contribution is -0.137. The summed E-state index contributed by atoms with van der Waals surface area (Å²) in [5.74, 6) is -0.808. The van der Waals surface area contributed by atoms with Gasteiger partial charge in [0.25, 0.3) is 0 Å². The average Bonchev–Trinajstić information content (AvgIpc) is 2.33. The van der Waals surface area contributed by atoms with Crippen molar-refractivity contribution in [2.75, 3.05) is 5.32 Å².